The highest BCUT2D eigenvalue weighted by Gasteiger charge is 2.32. The highest BCUT2D eigenvalue weighted by molar-refractivity contribution is 6.06. The molecule has 1 unspecified atom stereocenters. The van der Waals surface area contributed by atoms with Gasteiger partial charge in [0.05, 0.1) is 0 Å². The first kappa shape index (κ1) is 18.3. The third kappa shape index (κ3) is 4.02. The number of nitrogens with zero attached hydrogens (tertiary/aromatic N) is 4. The van der Waals surface area contributed by atoms with Gasteiger partial charge in [-0.15, -0.1) is 0 Å². The van der Waals surface area contributed by atoms with Crippen LogP contribution in [0.3, 0.4) is 0 Å². The van der Waals surface area contributed by atoms with E-state index in [1.807, 2.05) is 30.0 Å². The fraction of sp³-hybridized carbons (Fsp3) is 0.450. The zero-order valence-electron chi connectivity index (χ0n) is 16.0. The maximum absolute atomic E-state index is 13.1. The maximum atomic E-state index is 13.1. The van der Waals surface area contributed by atoms with Crippen LogP contribution in [-0.2, 0) is 6.42 Å². The van der Waals surface area contributed by atoms with E-state index in [1.165, 1.54) is 5.56 Å². The van der Waals surface area contributed by atoms with Crippen LogP contribution in [0.5, 0.6) is 0 Å². The van der Waals surface area contributed by atoms with Gasteiger partial charge >= 0.3 is 0 Å². The zero-order valence-corrected chi connectivity index (χ0v) is 16.0. The van der Waals surface area contributed by atoms with Gasteiger partial charge < -0.3 is 15.1 Å². The van der Waals surface area contributed by atoms with Crippen LogP contribution in [0.25, 0.3) is 0 Å². The molecular weight excluding hydrogens is 326 g/mol. The summed E-state index contributed by atoms with van der Waals surface area (Å²) in [6, 6.07) is 9.97. The summed E-state index contributed by atoms with van der Waals surface area (Å²) in [6.07, 6.45) is 1.89. The monoisotopic (exact) mass is 353 g/mol. The molecule has 0 aliphatic carbocycles. The predicted octanol–water partition coefficient (Wildman–Crippen LogP) is 2.74. The van der Waals surface area contributed by atoms with Crippen molar-refractivity contribution in [1.82, 2.24) is 14.9 Å². The second-order valence-corrected chi connectivity index (χ2v) is 7.13. The lowest BCUT2D eigenvalue weighted by Crippen LogP contribution is -2.36. The molecule has 0 bridgehead atoms. The molecule has 1 N–H and O–H groups in total. The molecule has 1 aliphatic heterocycles. The summed E-state index contributed by atoms with van der Waals surface area (Å²) in [6.45, 7) is 5.71. The number of benzene rings is 1. The number of hydrogen-bond acceptors (Lipinski definition) is 5. The number of carbonyl (C=O) groups excluding carboxylic acids is 1. The Labute approximate surface area is 155 Å². The number of nitrogens with one attached hydrogen (secondary N) is 1. The standard InChI is InChI=1S/C20H27N5O/c1-14-12-16-8-5-6-9-18(16)25(14)20(26)17-13-19(23-15(2)22-17)21-10-7-11-24(3)4/h5-6,8-9,13-14H,7,10-12H2,1-4H3,(H,21,22,23). The number of para-hydroxylation sites is 1. The first-order valence-corrected chi connectivity index (χ1v) is 9.11. The minimum Gasteiger partial charge on any atom is -0.370 e. The van der Waals surface area contributed by atoms with E-state index in [0.717, 1.165) is 31.6 Å². The average Bonchev–Trinajstić information content (AvgIpc) is 2.93. The third-order valence-corrected chi connectivity index (χ3v) is 4.57. The Morgan fingerprint density at radius 1 is 1.31 bits per heavy atom. The summed E-state index contributed by atoms with van der Waals surface area (Å²) in [5.74, 6) is 1.25. The molecule has 0 radical (unpaired) electrons. The maximum Gasteiger partial charge on any atom is 0.277 e. The van der Waals surface area contributed by atoms with Crippen molar-refractivity contribution in [2.75, 3.05) is 37.4 Å². The van der Waals surface area contributed by atoms with Gasteiger partial charge in [-0.1, -0.05) is 18.2 Å². The van der Waals surface area contributed by atoms with Crippen molar-refractivity contribution in [1.29, 1.82) is 0 Å². The molecule has 26 heavy (non-hydrogen) atoms. The molecule has 1 aromatic carbocycles. The number of amides is 1. The van der Waals surface area contributed by atoms with Crippen LogP contribution in [0.4, 0.5) is 11.5 Å². The minimum absolute atomic E-state index is 0.0655. The van der Waals surface area contributed by atoms with Crippen LogP contribution in [0, 0.1) is 6.92 Å². The molecule has 6 heteroatoms. The summed E-state index contributed by atoms with van der Waals surface area (Å²) < 4.78 is 0. The van der Waals surface area contributed by atoms with Gasteiger partial charge in [-0.05, 0) is 59.0 Å². The number of aryl methyl sites for hydroxylation is 1. The number of fused-ring (bicyclic) bond motifs is 1. The second kappa shape index (κ2) is 7.83. The fourth-order valence-corrected chi connectivity index (χ4v) is 3.38. The molecule has 0 fully saturated rings. The molecule has 0 spiro atoms. The molecule has 2 heterocycles. The molecule has 138 valence electrons. The molecule has 0 saturated carbocycles. The molecule has 1 aliphatic rings. The molecule has 1 atom stereocenters. The fourth-order valence-electron chi connectivity index (χ4n) is 3.38. The van der Waals surface area contributed by atoms with Gasteiger partial charge in [0, 0.05) is 24.3 Å². The Bertz CT molecular complexity index is 790. The van der Waals surface area contributed by atoms with Crippen LogP contribution in [0.15, 0.2) is 30.3 Å². The van der Waals surface area contributed by atoms with Gasteiger partial charge in [-0.25, -0.2) is 9.97 Å². The van der Waals surface area contributed by atoms with E-state index in [2.05, 4.69) is 47.3 Å². The summed E-state index contributed by atoms with van der Waals surface area (Å²) >= 11 is 0. The third-order valence-electron chi connectivity index (χ3n) is 4.57. The van der Waals surface area contributed by atoms with Crippen LogP contribution in [-0.4, -0.2) is 54.0 Å². The van der Waals surface area contributed by atoms with E-state index in [-0.39, 0.29) is 11.9 Å². The van der Waals surface area contributed by atoms with Crippen molar-refractivity contribution in [2.45, 2.75) is 32.7 Å². The number of hydrogen-bond donors (Lipinski definition) is 1. The van der Waals surface area contributed by atoms with Gasteiger partial charge in [0.15, 0.2) is 0 Å². The molecule has 1 amide bonds. The van der Waals surface area contributed by atoms with Crippen molar-refractivity contribution in [3.05, 3.63) is 47.4 Å². The molecule has 2 aromatic rings. The van der Waals surface area contributed by atoms with Crippen LogP contribution < -0.4 is 10.2 Å². The van der Waals surface area contributed by atoms with Gasteiger partial charge in [0.2, 0.25) is 0 Å². The number of anilines is 2. The average molecular weight is 353 g/mol. The lowest BCUT2D eigenvalue weighted by molar-refractivity contribution is 0.0976. The van der Waals surface area contributed by atoms with Crippen LogP contribution in [0.1, 0.15) is 35.2 Å². The van der Waals surface area contributed by atoms with Crippen molar-refractivity contribution >= 4 is 17.4 Å². The number of aromatic nitrogens is 2. The van der Waals surface area contributed by atoms with Crippen molar-refractivity contribution in [3.8, 4) is 0 Å². The van der Waals surface area contributed by atoms with Crippen LogP contribution in [0.2, 0.25) is 0 Å². The summed E-state index contributed by atoms with van der Waals surface area (Å²) in [7, 11) is 4.11. The van der Waals surface area contributed by atoms with Crippen molar-refractivity contribution < 1.29 is 4.79 Å². The first-order chi connectivity index (χ1) is 12.5. The molecule has 1 aromatic heterocycles. The normalized spacial score (nSPS) is 16.0. The molecule has 6 nitrogen and oxygen atoms in total. The van der Waals surface area contributed by atoms with E-state index >= 15 is 0 Å². The molecule has 0 saturated heterocycles. The van der Waals surface area contributed by atoms with E-state index in [9.17, 15) is 4.79 Å². The highest BCUT2D eigenvalue weighted by Crippen LogP contribution is 2.32. The number of rotatable bonds is 6. The van der Waals surface area contributed by atoms with Crippen LogP contribution >= 0.6 is 0 Å². The van der Waals surface area contributed by atoms with E-state index < -0.39 is 0 Å². The Hall–Kier alpha value is -2.47. The largest absolute Gasteiger partial charge is 0.370 e. The number of carbonyl (C=O) groups is 1. The Balaban J connectivity index is 1.77. The summed E-state index contributed by atoms with van der Waals surface area (Å²) in [5, 5.41) is 3.31. The predicted molar refractivity (Wildman–Crippen MR) is 105 cm³/mol. The van der Waals surface area contributed by atoms with E-state index in [0.29, 0.717) is 17.3 Å². The minimum atomic E-state index is -0.0655. The summed E-state index contributed by atoms with van der Waals surface area (Å²) in [4.78, 5) is 26.0. The Morgan fingerprint density at radius 3 is 2.85 bits per heavy atom. The second-order valence-electron chi connectivity index (χ2n) is 7.13. The topological polar surface area (TPSA) is 61.4 Å². The molecular formula is C20H27N5O. The van der Waals surface area contributed by atoms with Gasteiger partial charge in [-0.2, -0.15) is 0 Å². The molecule has 3 rings (SSSR count). The lowest BCUT2D eigenvalue weighted by atomic mass is 10.1. The lowest BCUT2D eigenvalue weighted by Gasteiger charge is -2.22. The van der Waals surface area contributed by atoms with Gasteiger partial charge in [0.1, 0.15) is 17.3 Å². The zero-order chi connectivity index (χ0) is 18.7. The SMILES string of the molecule is Cc1nc(NCCCN(C)C)cc(C(=O)N2c3ccccc3CC2C)n1. The summed E-state index contributed by atoms with van der Waals surface area (Å²) in [5.41, 5.74) is 2.64. The van der Waals surface area contributed by atoms with E-state index in [1.54, 1.807) is 6.07 Å². The van der Waals surface area contributed by atoms with Gasteiger partial charge in [0.25, 0.3) is 5.91 Å². The highest BCUT2D eigenvalue weighted by atomic mass is 16.2. The van der Waals surface area contributed by atoms with Crippen molar-refractivity contribution in [2.24, 2.45) is 0 Å². The quantitative estimate of drug-likeness (QED) is 0.809. The smallest absolute Gasteiger partial charge is 0.277 e. The van der Waals surface area contributed by atoms with E-state index in [4.69, 9.17) is 0 Å². The Morgan fingerprint density at radius 2 is 2.08 bits per heavy atom. The van der Waals surface area contributed by atoms with Crippen molar-refractivity contribution in [3.63, 3.8) is 0 Å². The van der Waals surface area contributed by atoms with Gasteiger partial charge in [-0.3, -0.25) is 4.79 Å². The Kier molecular flexibility index (Phi) is 5.52. The first-order valence-electron chi connectivity index (χ1n) is 9.11.